The number of carboxylic acids is 1. The van der Waals surface area contributed by atoms with Gasteiger partial charge in [-0.25, -0.2) is 12.8 Å². The zero-order valence-corrected chi connectivity index (χ0v) is 12.4. The van der Waals surface area contributed by atoms with E-state index in [0.29, 0.717) is 0 Å². The Kier molecular flexibility index (Phi) is 4.31. The van der Waals surface area contributed by atoms with Gasteiger partial charge in [0.25, 0.3) is 0 Å². The van der Waals surface area contributed by atoms with Crippen LogP contribution in [0.2, 0.25) is 0 Å². The van der Waals surface area contributed by atoms with E-state index in [0.717, 1.165) is 22.5 Å². The third-order valence-corrected chi connectivity index (χ3v) is 5.02. The van der Waals surface area contributed by atoms with Gasteiger partial charge in [0.15, 0.2) is 0 Å². The first-order valence-corrected chi connectivity index (χ1v) is 7.82. The van der Waals surface area contributed by atoms with Crippen molar-refractivity contribution in [2.24, 2.45) is 0 Å². The average molecular weight is 316 g/mol. The van der Waals surface area contributed by atoms with Crippen LogP contribution >= 0.6 is 0 Å². The average Bonchev–Trinajstić information content (AvgIpc) is 2.37. The maximum atomic E-state index is 13.8. The number of aromatic carboxylic acids is 1. The van der Waals surface area contributed by atoms with E-state index < -0.39 is 26.7 Å². The molecule has 1 aromatic carbocycles. The zero-order valence-electron chi connectivity index (χ0n) is 11.6. The van der Waals surface area contributed by atoms with E-state index in [-0.39, 0.29) is 30.9 Å². The van der Waals surface area contributed by atoms with E-state index in [1.54, 1.807) is 13.8 Å². The van der Waals surface area contributed by atoms with Gasteiger partial charge in [0, 0.05) is 13.1 Å². The number of ether oxygens (including phenoxy) is 1. The lowest BCUT2D eigenvalue weighted by molar-refractivity contribution is -0.255. The summed E-state index contributed by atoms with van der Waals surface area (Å²) in [5.41, 5.74) is -0.385. The molecule has 1 fully saturated rings. The minimum atomic E-state index is -4.13. The Labute approximate surface area is 122 Å². The van der Waals surface area contributed by atoms with Crippen LogP contribution in [0.3, 0.4) is 0 Å². The smallest absolute Gasteiger partial charge is 0.246 e. The topological polar surface area (TPSA) is 86.7 Å². The molecule has 1 heterocycles. The molecule has 8 heteroatoms. The fraction of sp³-hybridized carbons (Fsp3) is 0.462. The van der Waals surface area contributed by atoms with E-state index in [9.17, 15) is 22.7 Å². The molecule has 0 amide bonds. The molecule has 116 valence electrons. The number of hydrogen-bond acceptors (Lipinski definition) is 5. The van der Waals surface area contributed by atoms with E-state index in [2.05, 4.69) is 0 Å². The molecular weight excluding hydrogens is 301 g/mol. The number of carbonyl (C=O) groups is 1. The number of benzene rings is 1. The Hall–Kier alpha value is -1.51. The predicted octanol–water partition coefficient (Wildman–Crippen LogP) is -0.0129. The highest BCUT2D eigenvalue weighted by atomic mass is 32.2. The van der Waals surface area contributed by atoms with Gasteiger partial charge in [0.1, 0.15) is 10.7 Å². The van der Waals surface area contributed by atoms with Crippen molar-refractivity contribution < 1.29 is 27.4 Å². The molecule has 1 saturated heterocycles. The summed E-state index contributed by atoms with van der Waals surface area (Å²) in [7, 11) is -4.13. The van der Waals surface area contributed by atoms with Crippen LogP contribution in [0.4, 0.5) is 4.39 Å². The van der Waals surface area contributed by atoms with Crippen LogP contribution in [0.5, 0.6) is 0 Å². The maximum absolute atomic E-state index is 13.8. The van der Waals surface area contributed by atoms with Crippen molar-refractivity contribution in [3.8, 4) is 0 Å². The summed E-state index contributed by atoms with van der Waals surface area (Å²) in [5.74, 6) is -2.55. The molecule has 0 saturated carbocycles. The van der Waals surface area contributed by atoms with E-state index in [1.807, 2.05) is 0 Å². The van der Waals surface area contributed by atoms with Gasteiger partial charge in [-0.05, 0) is 31.5 Å². The quantitative estimate of drug-likeness (QED) is 0.782. The van der Waals surface area contributed by atoms with Gasteiger partial charge in [0.05, 0.1) is 18.2 Å². The van der Waals surface area contributed by atoms with E-state index in [4.69, 9.17) is 4.74 Å². The number of halogens is 1. The molecule has 2 rings (SSSR count). The van der Waals surface area contributed by atoms with Crippen molar-refractivity contribution >= 4 is 16.0 Å². The van der Waals surface area contributed by atoms with Crippen LogP contribution in [-0.2, 0) is 14.8 Å². The molecule has 0 N–H and O–H groups in total. The van der Waals surface area contributed by atoms with Gasteiger partial charge in [-0.3, -0.25) is 0 Å². The molecule has 0 unspecified atom stereocenters. The Morgan fingerprint density at radius 3 is 2.43 bits per heavy atom. The zero-order chi connectivity index (χ0) is 15.8. The van der Waals surface area contributed by atoms with Crippen LogP contribution in [0.1, 0.15) is 24.2 Å². The first kappa shape index (κ1) is 15.9. The minimum absolute atomic E-state index is 0.0850. The highest BCUT2D eigenvalue weighted by molar-refractivity contribution is 7.89. The Morgan fingerprint density at radius 2 is 1.90 bits per heavy atom. The highest BCUT2D eigenvalue weighted by Crippen LogP contribution is 2.24. The summed E-state index contributed by atoms with van der Waals surface area (Å²) in [6, 6.07) is 2.56. The van der Waals surface area contributed by atoms with Gasteiger partial charge >= 0.3 is 0 Å². The lowest BCUT2D eigenvalue weighted by Crippen LogP contribution is -2.48. The largest absolute Gasteiger partial charge is 0.545 e. The molecule has 1 aromatic rings. The van der Waals surface area contributed by atoms with Gasteiger partial charge in [-0.1, -0.05) is 6.07 Å². The SMILES string of the molecule is C[C@H]1CN(S(=O)(=O)c2cc(C(=O)[O-])ccc2F)C[C@H](C)O1. The highest BCUT2D eigenvalue weighted by Gasteiger charge is 2.34. The van der Waals surface area contributed by atoms with Crippen LogP contribution < -0.4 is 5.11 Å². The second-order valence-corrected chi connectivity index (χ2v) is 6.92. The molecule has 1 aliphatic rings. The first-order valence-electron chi connectivity index (χ1n) is 6.38. The van der Waals surface area contributed by atoms with E-state index >= 15 is 0 Å². The molecule has 1 aliphatic heterocycles. The standard InChI is InChI=1S/C13H16FNO5S/c1-8-6-15(7-9(2)20-8)21(18,19)12-5-10(13(16)17)3-4-11(12)14/h3-5,8-9H,6-7H2,1-2H3,(H,16,17)/p-1/t8-,9-/m0/s1. The third kappa shape index (κ3) is 3.22. The summed E-state index contributed by atoms with van der Waals surface area (Å²) in [6.07, 6.45) is -0.646. The fourth-order valence-electron chi connectivity index (χ4n) is 2.29. The molecule has 0 spiro atoms. The molecule has 6 nitrogen and oxygen atoms in total. The molecular formula is C13H15FNO5S-. The lowest BCUT2D eigenvalue weighted by Gasteiger charge is -2.34. The van der Waals surface area contributed by atoms with Crippen molar-refractivity contribution in [1.29, 1.82) is 0 Å². The van der Waals surface area contributed by atoms with Crippen LogP contribution in [0, 0.1) is 5.82 Å². The summed E-state index contributed by atoms with van der Waals surface area (Å²) in [5, 5.41) is 10.8. The second kappa shape index (κ2) is 5.70. The molecule has 0 aromatic heterocycles. The molecule has 2 atom stereocenters. The van der Waals surface area contributed by atoms with Crippen LogP contribution in [0.15, 0.2) is 23.1 Å². The number of hydrogen-bond donors (Lipinski definition) is 0. The first-order chi connectivity index (χ1) is 9.71. The monoisotopic (exact) mass is 316 g/mol. The van der Waals surface area contributed by atoms with Crippen molar-refractivity contribution in [3.05, 3.63) is 29.6 Å². The maximum Gasteiger partial charge on any atom is 0.246 e. The summed E-state index contributed by atoms with van der Waals surface area (Å²) in [6.45, 7) is 3.60. The summed E-state index contributed by atoms with van der Waals surface area (Å²) < 4.78 is 45.3. The number of morpholine rings is 1. The Bertz CT molecular complexity index is 651. The molecule has 21 heavy (non-hydrogen) atoms. The van der Waals surface area contributed by atoms with Crippen LogP contribution in [-0.4, -0.2) is 44.0 Å². The third-order valence-electron chi connectivity index (χ3n) is 3.17. The minimum Gasteiger partial charge on any atom is -0.545 e. The normalized spacial score (nSPS) is 24.0. The van der Waals surface area contributed by atoms with Gasteiger partial charge < -0.3 is 14.6 Å². The number of carbonyl (C=O) groups excluding carboxylic acids is 1. The summed E-state index contributed by atoms with van der Waals surface area (Å²) in [4.78, 5) is 10.1. The lowest BCUT2D eigenvalue weighted by atomic mass is 10.2. The summed E-state index contributed by atoms with van der Waals surface area (Å²) >= 11 is 0. The van der Waals surface area contributed by atoms with Gasteiger partial charge in [0.2, 0.25) is 10.0 Å². The van der Waals surface area contributed by atoms with Crippen molar-refractivity contribution in [2.75, 3.05) is 13.1 Å². The Balaban J connectivity index is 2.44. The number of carboxylic acid groups (broad SMARTS) is 1. The number of nitrogens with zero attached hydrogens (tertiary/aromatic N) is 1. The fourth-order valence-corrected chi connectivity index (χ4v) is 3.97. The number of sulfonamides is 1. The molecule has 0 bridgehead atoms. The Morgan fingerprint density at radius 1 is 1.33 bits per heavy atom. The van der Waals surface area contributed by atoms with Crippen molar-refractivity contribution in [2.45, 2.75) is 31.0 Å². The van der Waals surface area contributed by atoms with Gasteiger partial charge in [-0.15, -0.1) is 0 Å². The molecule has 0 radical (unpaired) electrons. The molecule has 0 aliphatic carbocycles. The van der Waals surface area contributed by atoms with E-state index in [1.165, 1.54) is 0 Å². The van der Waals surface area contributed by atoms with Crippen molar-refractivity contribution in [1.82, 2.24) is 4.31 Å². The van der Waals surface area contributed by atoms with Crippen LogP contribution in [0.25, 0.3) is 0 Å². The van der Waals surface area contributed by atoms with Gasteiger partial charge in [-0.2, -0.15) is 4.31 Å². The number of rotatable bonds is 3. The van der Waals surface area contributed by atoms with Crippen molar-refractivity contribution in [3.63, 3.8) is 0 Å². The second-order valence-electron chi connectivity index (χ2n) is 5.01. The predicted molar refractivity (Wildman–Crippen MR) is 69.5 cm³/mol.